The van der Waals surface area contributed by atoms with Gasteiger partial charge in [-0.1, -0.05) is 0 Å². The summed E-state index contributed by atoms with van der Waals surface area (Å²) in [5, 5.41) is 1.42. The first-order chi connectivity index (χ1) is 20.8. The van der Waals surface area contributed by atoms with Gasteiger partial charge in [0, 0.05) is 0 Å². The van der Waals surface area contributed by atoms with Crippen LogP contribution in [-0.2, 0) is 12.8 Å². The number of hydrogen-bond acceptors (Lipinski definition) is 2. The molecule has 202 valence electrons. The molecule has 0 bridgehead atoms. The number of fused-ring (bicyclic) bond motifs is 7. The van der Waals surface area contributed by atoms with Gasteiger partial charge in [-0.3, -0.25) is 0 Å². The number of rotatable bonds is 3. The topological polar surface area (TPSA) is 14.2 Å². The first kappa shape index (κ1) is 24.9. The van der Waals surface area contributed by atoms with Gasteiger partial charge in [0.25, 0.3) is 0 Å². The second kappa shape index (κ2) is 9.98. The van der Waals surface area contributed by atoms with Crippen molar-refractivity contribution in [3.05, 3.63) is 120 Å². The van der Waals surface area contributed by atoms with Crippen molar-refractivity contribution in [2.45, 2.75) is 41.9 Å². The molecule has 9 rings (SSSR count). The molecular formula is C37H28BNOSSe. The van der Waals surface area contributed by atoms with Gasteiger partial charge in [-0.15, -0.1) is 0 Å². The molecule has 0 saturated heterocycles. The summed E-state index contributed by atoms with van der Waals surface area (Å²) in [7, 11) is 0. The molecule has 5 heteroatoms. The van der Waals surface area contributed by atoms with E-state index < -0.39 is 0 Å². The van der Waals surface area contributed by atoms with Crippen LogP contribution in [0.25, 0.3) is 16.6 Å². The molecule has 0 saturated carbocycles. The van der Waals surface area contributed by atoms with Gasteiger partial charge in [-0.2, -0.15) is 0 Å². The normalized spacial score (nSPS) is 14.8. The van der Waals surface area contributed by atoms with Crippen molar-refractivity contribution in [3.8, 4) is 17.2 Å². The average Bonchev–Trinajstić information content (AvgIpc) is 3.15. The van der Waals surface area contributed by atoms with Crippen LogP contribution in [0.2, 0.25) is 0 Å². The van der Waals surface area contributed by atoms with Crippen LogP contribution in [-0.4, -0.2) is 26.2 Å². The molecule has 0 unspecified atom stereocenters. The predicted molar refractivity (Wildman–Crippen MR) is 178 cm³/mol. The van der Waals surface area contributed by atoms with Crippen molar-refractivity contribution in [1.82, 2.24) is 4.57 Å². The van der Waals surface area contributed by atoms with Gasteiger partial charge in [0.1, 0.15) is 0 Å². The van der Waals surface area contributed by atoms with Crippen LogP contribution in [0.3, 0.4) is 0 Å². The van der Waals surface area contributed by atoms with Crippen LogP contribution in [0.4, 0.5) is 0 Å². The Morgan fingerprint density at radius 2 is 1.48 bits per heavy atom. The Hall–Kier alpha value is -3.63. The molecule has 0 fully saturated rings. The van der Waals surface area contributed by atoms with Gasteiger partial charge in [0.05, 0.1) is 0 Å². The molecule has 0 radical (unpaired) electrons. The van der Waals surface area contributed by atoms with Crippen molar-refractivity contribution < 1.29 is 4.74 Å². The number of ether oxygens (including phenoxy) is 1. The molecule has 0 N–H and O–H groups in total. The Morgan fingerprint density at radius 3 is 2.40 bits per heavy atom. The molecule has 0 amide bonds. The van der Waals surface area contributed by atoms with Gasteiger partial charge in [0.2, 0.25) is 0 Å². The van der Waals surface area contributed by atoms with Gasteiger partial charge >= 0.3 is 258 Å². The fourth-order valence-corrected chi connectivity index (χ4v) is 10.8. The minimum atomic E-state index is 0.153. The van der Waals surface area contributed by atoms with Crippen molar-refractivity contribution in [3.63, 3.8) is 0 Å². The van der Waals surface area contributed by atoms with Gasteiger partial charge < -0.3 is 0 Å². The number of aryl methyl sites for hydroxylation is 1. The van der Waals surface area contributed by atoms with Gasteiger partial charge in [-0.25, -0.2) is 0 Å². The van der Waals surface area contributed by atoms with E-state index in [1.165, 1.54) is 76.6 Å². The number of para-hydroxylation sites is 1. The maximum absolute atomic E-state index is 6.75. The Bertz CT molecular complexity index is 2020. The number of benzene rings is 5. The Morgan fingerprint density at radius 1 is 0.667 bits per heavy atom. The molecular weight excluding hydrogens is 596 g/mol. The molecule has 2 nitrogen and oxygen atoms in total. The van der Waals surface area contributed by atoms with Crippen LogP contribution in [0.1, 0.15) is 30.5 Å². The van der Waals surface area contributed by atoms with Gasteiger partial charge in [-0.05, 0) is 0 Å². The molecule has 1 aliphatic carbocycles. The summed E-state index contributed by atoms with van der Waals surface area (Å²) in [6.07, 6.45) is 6.11. The molecule has 1 aromatic heterocycles. The van der Waals surface area contributed by atoms with E-state index in [0.717, 1.165) is 24.3 Å². The zero-order valence-electron chi connectivity index (χ0n) is 23.2. The minimum absolute atomic E-state index is 0.153. The SMILES string of the molecule is c1ccc(Sc2ccc3c(c2)[Se]c2cccc4c2B3c2c(cccc2-n2c3c(c5ccccc52)CCCCC3)O4)cc1. The third kappa shape index (κ3) is 3.88. The van der Waals surface area contributed by atoms with Gasteiger partial charge in [0.15, 0.2) is 0 Å². The second-order valence-corrected chi connectivity index (χ2v) is 14.9. The maximum atomic E-state index is 6.75. The fourth-order valence-electron chi connectivity index (χ4n) is 7.26. The summed E-state index contributed by atoms with van der Waals surface area (Å²) in [4.78, 5) is 2.59. The summed E-state index contributed by atoms with van der Waals surface area (Å²) in [5.74, 6) is 2.01. The van der Waals surface area contributed by atoms with Crippen molar-refractivity contribution in [2.24, 2.45) is 0 Å². The van der Waals surface area contributed by atoms with E-state index in [1.54, 1.807) is 5.56 Å². The molecule has 0 spiro atoms. The number of aromatic nitrogens is 1. The first-order valence-corrected chi connectivity index (χ1v) is 17.5. The zero-order chi connectivity index (χ0) is 27.6. The molecule has 42 heavy (non-hydrogen) atoms. The molecule has 3 aliphatic rings. The first-order valence-electron chi connectivity index (χ1n) is 14.9. The summed E-state index contributed by atoms with van der Waals surface area (Å²) in [6, 6.07) is 40.3. The predicted octanol–water partition coefficient (Wildman–Crippen LogP) is 5.64. The van der Waals surface area contributed by atoms with Crippen LogP contribution in [0.5, 0.6) is 11.5 Å². The average molecular weight is 624 g/mol. The van der Waals surface area contributed by atoms with Crippen molar-refractivity contribution in [1.29, 1.82) is 0 Å². The van der Waals surface area contributed by atoms with E-state index in [4.69, 9.17) is 4.74 Å². The standard InChI is InChI=1S/C37H28BNOSSe/c1-3-11-24(12-4-1)41-25-21-22-28-35(23-25)42-34-20-10-19-33-37(34)38(28)36-31(17-9-18-32(36)40-33)39-29-15-6-2-5-13-26(29)27-14-7-8-16-30(27)39/h1,3-4,7-12,14,16-23H,2,5-6,13,15H2. The van der Waals surface area contributed by atoms with Crippen LogP contribution < -0.4 is 30.0 Å². The Kier molecular flexibility index (Phi) is 5.93. The number of nitrogens with zero attached hydrogens (tertiary/aromatic N) is 1. The van der Waals surface area contributed by atoms with E-state index in [1.807, 2.05) is 11.8 Å². The fraction of sp³-hybridized carbons (Fsp3) is 0.135. The zero-order valence-corrected chi connectivity index (χ0v) is 25.7. The third-order valence-electron chi connectivity index (χ3n) is 9.03. The van der Waals surface area contributed by atoms with E-state index in [-0.39, 0.29) is 21.7 Å². The summed E-state index contributed by atoms with van der Waals surface area (Å²) in [6.45, 7) is 0.153. The molecule has 0 atom stereocenters. The summed E-state index contributed by atoms with van der Waals surface area (Å²) in [5.41, 5.74) is 9.77. The van der Waals surface area contributed by atoms with Crippen LogP contribution in [0.15, 0.2) is 119 Å². The second-order valence-electron chi connectivity index (χ2n) is 11.4. The van der Waals surface area contributed by atoms with E-state index in [0.29, 0.717) is 0 Å². The van der Waals surface area contributed by atoms with E-state index in [2.05, 4.69) is 114 Å². The Balaban J connectivity index is 1.27. The van der Waals surface area contributed by atoms with Crippen molar-refractivity contribution in [2.75, 3.05) is 0 Å². The monoisotopic (exact) mass is 625 g/mol. The van der Waals surface area contributed by atoms with Crippen LogP contribution in [0, 0.1) is 0 Å². The third-order valence-corrected chi connectivity index (χ3v) is 12.4. The molecule has 6 aromatic rings. The Labute approximate surface area is 257 Å². The molecule has 2 aliphatic heterocycles. The molecule has 3 heterocycles. The van der Waals surface area contributed by atoms with E-state index >= 15 is 0 Å². The van der Waals surface area contributed by atoms with Crippen molar-refractivity contribution >= 4 is 69.6 Å². The number of hydrogen-bond donors (Lipinski definition) is 0. The summed E-state index contributed by atoms with van der Waals surface area (Å²) < 4.78 is 12.3. The quantitative estimate of drug-likeness (QED) is 0.187. The van der Waals surface area contributed by atoms with E-state index in [9.17, 15) is 0 Å². The summed E-state index contributed by atoms with van der Waals surface area (Å²) >= 11 is 2.07. The molecule has 5 aromatic carbocycles. The van der Waals surface area contributed by atoms with Crippen LogP contribution >= 0.6 is 11.8 Å².